The van der Waals surface area contributed by atoms with E-state index >= 15 is 0 Å². The van der Waals surface area contributed by atoms with E-state index in [1.165, 1.54) is 23.9 Å². The van der Waals surface area contributed by atoms with Gasteiger partial charge >= 0.3 is 36.1 Å². The normalized spacial score (nSPS) is 13.6. The Labute approximate surface area is 424 Å². The van der Waals surface area contributed by atoms with Crippen LogP contribution in [-0.4, -0.2) is 101 Å². The summed E-state index contributed by atoms with van der Waals surface area (Å²) in [7, 11) is 2.97. The van der Waals surface area contributed by atoms with Crippen molar-refractivity contribution in [1.29, 1.82) is 0 Å². The molecule has 4 atom stereocenters. The Morgan fingerprint density at radius 1 is 0.493 bits per heavy atom. The third-order valence-electron chi connectivity index (χ3n) is 11.0. The molecule has 14 heteroatoms. The lowest BCUT2D eigenvalue weighted by Gasteiger charge is -2.31. The van der Waals surface area contributed by atoms with Crippen LogP contribution in [0, 0.1) is 11.8 Å². The van der Waals surface area contributed by atoms with Crippen molar-refractivity contribution < 1.29 is 57.6 Å². The minimum absolute atomic E-state index is 0.0185. The Morgan fingerprint density at radius 3 is 1.17 bits per heavy atom. The molecule has 0 saturated heterocycles. The summed E-state index contributed by atoms with van der Waals surface area (Å²) in [6, 6.07) is 22.9. The van der Waals surface area contributed by atoms with Gasteiger partial charge in [0.05, 0.1) is 0 Å². The van der Waals surface area contributed by atoms with Gasteiger partial charge in [-0.05, 0) is 105 Å². The number of nitrogens with zero attached hydrogens (tertiary/aromatic N) is 2. The molecule has 0 saturated carbocycles. The first kappa shape index (κ1) is 61.2. The SMILES string of the molecule is CC(C)C[C@@H](C(=O)O[C@H](Cc1ccc(C(C)(C)C)cc1)C(=O)O)N(C)C(=O)OC(C)(C)C.CC(C)C[C@@H](C(=O)O[C@H](Cc1ccc(C(C)(C)C)cc1)C(=O)OCc1ccccc1)N(C)C(=O)OC(C)(C)C. The molecule has 2 amide bonds. The standard InChI is InChI=1S/C32H45NO6.C25H39NO6/c1-22(2)19-26(33(9)30(36)39-32(6,7)8)28(34)38-27(29(35)37-21-24-13-11-10-12-14-24)20-23-15-17-25(18-16-23)31(3,4)5;1-16(2)14-19(26(9)23(30)32-25(6,7)8)22(29)31-20(21(27)28)15-17-10-12-18(13-11-17)24(3,4)5/h10-18,22,26-27H,19-21H2,1-9H3;10-13,16,19-20H,14-15H2,1-9H3,(H,27,28)/t26-,27+;19-,20+/m00/s1. The fourth-order valence-corrected chi connectivity index (χ4v) is 6.96. The molecule has 0 fully saturated rings. The van der Waals surface area contributed by atoms with Crippen molar-refractivity contribution in [2.45, 2.75) is 189 Å². The number of amides is 2. The molecular formula is C57H84N2O12. The third kappa shape index (κ3) is 22.4. The van der Waals surface area contributed by atoms with Gasteiger partial charge in [-0.15, -0.1) is 0 Å². The topological polar surface area (TPSA) is 175 Å². The fourth-order valence-electron chi connectivity index (χ4n) is 6.96. The molecule has 14 nitrogen and oxygen atoms in total. The zero-order valence-electron chi connectivity index (χ0n) is 45.8. The number of likely N-dealkylation sites (N-methyl/N-ethyl adjacent to an activating group) is 2. The summed E-state index contributed by atoms with van der Waals surface area (Å²) >= 11 is 0. The highest BCUT2D eigenvalue weighted by molar-refractivity contribution is 5.85. The fraction of sp³-hybridized carbons (Fsp3) is 0.579. The number of carboxylic acid groups (broad SMARTS) is 1. The summed E-state index contributed by atoms with van der Waals surface area (Å²) in [6.07, 6.45) is -2.98. The van der Waals surface area contributed by atoms with Crippen molar-refractivity contribution >= 4 is 36.1 Å². The van der Waals surface area contributed by atoms with E-state index in [0.29, 0.717) is 12.8 Å². The zero-order valence-corrected chi connectivity index (χ0v) is 45.8. The molecular weight excluding hydrogens is 905 g/mol. The van der Waals surface area contributed by atoms with Crippen LogP contribution in [0.5, 0.6) is 0 Å². The number of rotatable bonds is 18. The summed E-state index contributed by atoms with van der Waals surface area (Å²) in [4.78, 5) is 79.2. The van der Waals surface area contributed by atoms with E-state index in [-0.39, 0.29) is 42.1 Å². The molecule has 0 aliphatic rings. The summed E-state index contributed by atoms with van der Waals surface area (Å²) in [5.74, 6) is -3.15. The summed E-state index contributed by atoms with van der Waals surface area (Å²) in [5.41, 5.74) is 3.21. The number of hydrogen-bond donors (Lipinski definition) is 1. The Hall–Kier alpha value is -5.92. The van der Waals surface area contributed by atoms with Crippen molar-refractivity contribution in [1.82, 2.24) is 9.80 Å². The van der Waals surface area contributed by atoms with Crippen molar-refractivity contribution in [3.63, 3.8) is 0 Å². The van der Waals surface area contributed by atoms with Crippen molar-refractivity contribution in [2.24, 2.45) is 11.8 Å². The van der Waals surface area contributed by atoms with Crippen LogP contribution in [0.25, 0.3) is 0 Å². The minimum Gasteiger partial charge on any atom is -0.478 e. The Bertz CT molecular complexity index is 2180. The first-order valence-corrected chi connectivity index (χ1v) is 24.5. The quantitative estimate of drug-likeness (QED) is 0.0944. The molecule has 0 aliphatic heterocycles. The number of hydrogen-bond acceptors (Lipinski definition) is 11. The molecule has 1 N–H and O–H groups in total. The lowest BCUT2D eigenvalue weighted by atomic mass is 9.86. The lowest BCUT2D eigenvalue weighted by molar-refractivity contribution is -0.171. The molecule has 394 valence electrons. The van der Waals surface area contributed by atoms with E-state index in [1.807, 2.05) is 107 Å². The van der Waals surface area contributed by atoms with Crippen LogP contribution in [0.1, 0.15) is 151 Å². The van der Waals surface area contributed by atoms with Crippen LogP contribution >= 0.6 is 0 Å². The Balaban J connectivity index is 0.000000497. The number of carboxylic acids is 1. The number of carbonyl (C=O) groups is 6. The summed E-state index contributed by atoms with van der Waals surface area (Å²) < 4.78 is 27.6. The maximum absolute atomic E-state index is 13.5. The number of esters is 3. The maximum Gasteiger partial charge on any atom is 0.410 e. The van der Waals surface area contributed by atoms with Gasteiger partial charge in [0, 0.05) is 26.9 Å². The first-order valence-electron chi connectivity index (χ1n) is 24.5. The van der Waals surface area contributed by atoms with Gasteiger partial charge in [-0.3, -0.25) is 9.80 Å². The second-order valence-electron chi connectivity index (χ2n) is 23.1. The maximum atomic E-state index is 13.5. The van der Waals surface area contributed by atoms with Gasteiger partial charge in [0.1, 0.15) is 29.9 Å². The van der Waals surface area contributed by atoms with Gasteiger partial charge < -0.3 is 28.8 Å². The van der Waals surface area contributed by atoms with E-state index in [9.17, 15) is 33.9 Å². The molecule has 3 rings (SSSR count). The highest BCUT2D eigenvalue weighted by Crippen LogP contribution is 2.26. The highest BCUT2D eigenvalue weighted by atomic mass is 16.6. The third-order valence-corrected chi connectivity index (χ3v) is 11.0. The summed E-state index contributed by atoms with van der Waals surface area (Å²) in [6.45, 7) is 31.0. The second-order valence-corrected chi connectivity index (χ2v) is 23.1. The van der Waals surface area contributed by atoms with Crippen LogP contribution in [-0.2, 0) is 73.1 Å². The van der Waals surface area contributed by atoms with Gasteiger partial charge in [-0.2, -0.15) is 0 Å². The zero-order chi connectivity index (χ0) is 54.2. The predicted molar refractivity (Wildman–Crippen MR) is 276 cm³/mol. The molecule has 71 heavy (non-hydrogen) atoms. The van der Waals surface area contributed by atoms with Gasteiger partial charge in [-0.25, -0.2) is 28.8 Å². The number of carbonyl (C=O) groups excluding carboxylic acids is 5. The van der Waals surface area contributed by atoms with E-state index in [1.54, 1.807) is 41.5 Å². The molecule has 0 heterocycles. The molecule has 0 aromatic heterocycles. The van der Waals surface area contributed by atoms with Gasteiger partial charge in [0.2, 0.25) is 12.2 Å². The van der Waals surface area contributed by atoms with E-state index in [2.05, 4.69) is 41.5 Å². The molecule has 0 radical (unpaired) electrons. The van der Waals surface area contributed by atoms with E-state index in [0.717, 1.165) is 27.8 Å². The van der Waals surface area contributed by atoms with Crippen molar-refractivity contribution in [3.05, 3.63) is 107 Å². The van der Waals surface area contributed by atoms with Gasteiger partial charge in [-0.1, -0.05) is 148 Å². The lowest BCUT2D eigenvalue weighted by Crippen LogP contribution is -2.47. The van der Waals surface area contributed by atoms with Gasteiger partial charge in [0.25, 0.3) is 0 Å². The molecule has 0 bridgehead atoms. The van der Waals surface area contributed by atoms with E-state index in [4.69, 9.17) is 23.7 Å². The summed E-state index contributed by atoms with van der Waals surface area (Å²) in [5, 5.41) is 9.65. The van der Waals surface area contributed by atoms with Gasteiger partial charge in [0.15, 0.2) is 0 Å². The molecule has 3 aromatic rings. The van der Waals surface area contributed by atoms with Crippen LogP contribution < -0.4 is 0 Å². The van der Waals surface area contributed by atoms with Crippen LogP contribution in [0.3, 0.4) is 0 Å². The first-order chi connectivity index (χ1) is 32.6. The Morgan fingerprint density at radius 2 is 0.845 bits per heavy atom. The number of benzene rings is 3. The van der Waals surface area contributed by atoms with Crippen molar-refractivity contribution in [3.8, 4) is 0 Å². The molecule has 0 unspecified atom stereocenters. The van der Waals surface area contributed by atoms with Crippen molar-refractivity contribution in [2.75, 3.05) is 14.1 Å². The molecule has 0 aliphatic carbocycles. The van der Waals surface area contributed by atoms with Crippen LogP contribution in [0.2, 0.25) is 0 Å². The molecule has 0 spiro atoms. The highest BCUT2D eigenvalue weighted by Gasteiger charge is 2.37. The second kappa shape index (κ2) is 26.5. The van der Waals surface area contributed by atoms with Crippen LogP contribution in [0.4, 0.5) is 9.59 Å². The van der Waals surface area contributed by atoms with E-state index < -0.39 is 71.6 Å². The average molecular weight is 989 g/mol. The Kier molecular flexibility index (Phi) is 22.8. The van der Waals surface area contributed by atoms with Crippen LogP contribution in [0.15, 0.2) is 78.9 Å². The smallest absolute Gasteiger partial charge is 0.410 e. The number of aliphatic carboxylic acids is 1. The average Bonchev–Trinajstić information content (AvgIpc) is 3.24. The largest absolute Gasteiger partial charge is 0.478 e. The minimum atomic E-state index is -1.36. The monoisotopic (exact) mass is 989 g/mol. The number of ether oxygens (including phenoxy) is 5. The molecule has 3 aromatic carbocycles. The predicted octanol–water partition coefficient (Wildman–Crippen LogP) is 11.3.